The van der Waals surface area contributed by atoms with Gasteiger partial charge in [-0.3, -0.25) is 0 Å². The van der Waals surface area contributed by atoms with E-state index < -0.39 is 10.0 Å². The van der Waals surface area contributed by atoms with Crippen LogP contribution in [-0.4, -0.2) is 62.7 Å². The molecule has 0 aromatic heterocycles. The summed E-state index contributed by atoms with van der Waals surface area (Å²) in [5.41, 5.74) is 2.73. The molecule has 2 aliphatic heterocycles. The molecule has 0 unspecified atom stereocenters. The van der Waals surface area contributed by atoms with Gasteiger partial charge in [-0.1, -0.05) is 19.1 Å². The molecule has 0 saturated carbocycles. The highest BCUT2D eigenvalue weighted by Crippen LogP contribution is 2.27. The Kier molecular flexibility index (Phi) is 8.61. The number of benzene rings is 1. The van der Waals surface area contributed by atoms with Crippen LogP contribution < -0.4 is 4.74 Å². The molecule has 0 amide bonds. The molecule has 2 heterocycles. The van der Waals surface area contributed by atoms with Gasteiger partial charge in [-0.05, 0) is 62.3 Å². The van der Waals surface area contributed by atoms with Gasteiger partial charge in [0.15, 0.2) is 0 Å². The molecule has 0 radical (unpaired) electrons. The van der Waals surface area contributed by atoms with E-state index in [1.807, 2.05) is 0 Å². The van der Waals surface area contributed by atoms with Crippen molar-refractivity contribution in [3.63, 3.8) is 0 Å². The molecule has 0 bridgehead atoms. The molecule has 0 spiro atoms. The zero-order valence-electron chi connectivity index (χ0n) is 17.4. The summed E-state index contributed by atoms with van der Waals surface area (Å²) in [4.78, 5) is 2.60. The predicted octanol–water partition coefficient (Wildman–Crippen LogP) is 3.36. The quantitative estimate of drug-likeness (QED) is 0.634. The SMILES string of the molecule is CCCN(CC1CCN(S(C)(=O)=O)CC1)[C@@H](C)Cc1ccc2c(c1)CCO2.Cl. The van der Waals surface area contributed by atoms with E-state index in [1.54, 1.807) is 4.31 Å². The lowest BCUT2D eigenvalue weighted by Crippen LogP contribution is -2.44. The van der Waals surface area contributed by atoms with Crippen molar-refractivity contribution in [3.8, 4) is 5.75 Å². The molecule has 0 aliphatic carbocycles. The Morgan fingerprint density at radius 2 is 2.00 bits per heavy atom. The molecular formula is C21H35ClN2O3S. The van der Waals surface area contributed by atoms with Crippen LogP contribution in [0.2, 0.25) is 0 Å². The number of ether oxygens (including phenoxy) is 1. The molecule has 1 fully saturated rings. The van der Waals surface area contributed by atoms with E-state index in [4.69, 9.17) is 4.74 Å². The lowest BCUT2D eigenvalue weighted by Gasteiger charge is -2.36. The Hall–Kier alpha value is -0.820. The number of hydrogen-bond acceptors (Lipinski definition) is 4. The second-order valence-corrected chi connectivity index (χ2v) is 10.2. The summed E-state index contributed by atoms with van der Waals surface area (Å²) >= 11 is 0. The molecule has 1 aromatic carbocycles. The van der Waals surface area contributed by atoms with E-state index in [9.17, 15) is 8.42 Å². The Morgan fingerprint density at radius 1 is 1.29 bits per heavy atom. The topological polar surface area (TPSA) is 49.9 Å². The molecule has 1 saturated heterocycles. The fraction of sp³-hybridized carbons (Fsp3) is 0.714. The molecule has 3 rings (SSSR count). The molecular weight excluding hydrogens is 396 g/mol. The zero-order chi connectivity index (χ0) is 19.4. The Labute approximate surface area is 176 Å². The maximum atomic E-state index is 11.7. The first-order valence-corrected chi connectivity index (χ1v) is 12.2. The summed E-state index contributed by atoms with van der Waals surface area (Å²) in [5.74, 6) is 1.64. The first kappa shape index (κ1) is 23.5. The third-order valence-electron chi connectivity index (χ3n) is 5.95. The second-order valence-electron chi connectivity index (χ2n) is 8.19. The smallest absolute Gasteiger partial charge is 0.211 e. The molecule has 2 aliphatic rings. The summed E-state index contributed by atoms with van der Waals surface area (Å²) in [7, 11) is -3.04. The predicted molar refractivity (Wildman–Crippen MR) is 117 cm³/mol. The van der Waals surface area contributed by atoms with Gasteiger partial charge in [-0.2, -0.15) is 0 Å². The average Bonchev–Trinajstić information content (AvgIpc) is 3.09. The van der Waals surface area contributed by atoms with Gasteiger partial charge in [0.05, 0.1) is 12.9 Å². The number of halogens is 1. The van der Waals surface area contributed by atoms with Crippen LogP contribution in [0.3, 0.4) is 0 Å². The summed E-state index contributed by atoms with van der Waals surface area (Å²) in [6, 6.07) is 7.12. The summed E-state index contributed by atoms with van der Waals surface area (Å²) in [5, 5.41) is 0. The maximum absolute atomic E-state index is 11.7. The molecule has 28 heavy (non-hydrogen) atoms. The standard InChI is InChI=1S/C21H34N2O3S.ClH/c1-4-10-22(16-18-7-11-23(12-8-18)27(3,24)25)17(2)14-19-5-6-21-20(15-19)9-13-26-21;/h5-6,15,17-18H,4,7-14,16H2,1-3H3;1H/t17-;/m0./s1. The fourth-order valence-corrected chi connectivity index (χ4v) is 5.25. The van der Waals surface area contributed by atoms with Gasteiger partial charge >= 0.3 is 0 Å². The second kappa shape index (κ2) is 10.3. The number of rotatable bonds is 8. The van der Waals surface area contributed by atoms with Crippen LogP contribution in [0.4, 0.5) is 0 Å². The van der Waals surface area contributed by atoms with E-state index in [0.29, 0.717) is 25.0 Å². The Bertz CT molecular complexity index is 733. The van der Waals surface area contributed by atoms with Crippen LogP contribution in [-0.2, 0) is 22.9 Å². The third-order valence-corrected chi connectivity index (χ3v) is 7.26. The monoisotopic (exact) mass is 430 g/mol. The lowest BCUT2D eigenvalue weighted by molar-refractivity contribution is 0.146. The van der Waals surface area contributed by atoms with Crippen molar-refractivity contribution >= 4 is 22.4 Å². The highest BCUT2D eigenvalue weighted by molar-refractivity contribution is 7.88. The van der Waals surface area contributed by atoms with E-state index in [-0.39, 0.29) is 12.4 Å². The number of piperidine rings is 1. The molecule has 1 aromatic rings. The van der Waals surface area contributed by atoms with Crippen LogP contribution in [0.5, 0.6) is 5.75 Å². The minimum absolute atomic E-state index is 0. The van der Waals surface area contributed by atoms with Gasteiger partial charge in [0, 0.05) is 32.1 Å². The van der Waals surface area contributed by atoms with Crippen molar-refractivity contribution in [3.05, 3.63) is 29.3 Å². The van der Waals surface area contributed by atoms with Crippen molar-refractivity contribution in [2.75, 3.05) is 39.0 Å². The fourth-order valence-electron chi connectivity index (χ4n) is 4.37. The third kappa shape index (κ3) is 6.09. The van der Waals surface area contributed by atoms with Crippen LogP contribution in [0.25, 0.3) is 0 Å². The number of hydrogen-bond donors (Lipinski definition) is 0. The van der Waals surface area contributed by atoms with Crippen molar-refractivity contribution in [1.82, 2.24) is 9.21 Å². The van der Waals surface area contributed by atoms with E-state index in [2.05, 4.69) is 36.9 Å². The molecule has 0 N–H and O–H groups in total. The first-order valence-electron chi connectivity index (χ1n) is 10.3. The minimum atomic E-state index is -3.04. The van der Waals surface area contributed by atoms with Gasteiger partial charge in [0.2, 0.25) is 10.0 Å². The number of fused-ring (bicyclic) bond motifs is 1. The van der Waals surface area contributed by atoms with Gasteiger partial charge in [0.1, 0.15) is 5.75 Å². The summed E-state index contributed by atoms with van der Waals surface area (Å²) in [6.45, 7) is 8.87. The molecule has 1 atom stereocenters. The van der Waals surface area contributed by atoms with Crippen LogP contribution in [0, 0.1) is 5.92 Å². The maximum Gasteiger partial charge on any atom is 0.211 e. The van der Waals surface area contributed by atoms with Gasteiger partial charge in [-0.15, -0.1) is 12.4 Å². The van der Waals surface area contributed by atoms with E-state index in [0.717, 1.165) is 57.6 Å². The number of nitrogens with zero attached hydrogens (tertiary/aromatic N) is 2. The first-order chi connectivity index (χ1) is 12.9. The zero-order valence-corrected chi connectivity index (χ0v) is 19.0. The minimum Gasteiger partial charge on any atom is -0.493 e. The van der Waals surface area contributed by atoms with Crippen LogP contribution >= 0.6 is 12.4 Å². The molecule has 160 valence electrons. The van der Waals surface area contributed by atoms with Crippen LogP contribution in [0.1, 0.15) is 44.2 Å². The highest BCUT2D eigenvalue weighted by atomic mass is 35.5. The van der Waals surface area contributed by atoms with E-state index >= 15 is 0 Å². The number of sulfonamides is 1. The van der Waals surface area contributed by atoms with Crippen molar-refractivity contribution < 1.29 is 13.2 Å². The largest absolute Gasteiger partial charge is 0.493 e. The van der Waals surface area contributed by atoms with E-state index in [1.165, 1.54) is 17.4 Å². The highest BCUT2D eigenvalue weighted by Gasteiger charge is 2.27. The van der Waals surface area contributed by atoms with Gasteiger partial charge in [0.25, 0.3) is 0 Å². The van der Waals surface area contributed by atoms with Crippen molar-refractivity contribution in [2.24, 2.45) is 5.92 Å². The average molecular weight is 431 g/mol. The van der Waals surface area contributed by atoms with Crippen molar-refractivity contribution in [1.29, 1.82) is 0 Å². The lowest BCUT2D eigenvalue weighted by atomic mass is 9.95. The summed E-state index contributed by atoms with van der Waals surface area (Å²) < 4.78 is 30.7. The van der Waals surface area contributed by atoms with Gasteiger partial charge < -0.3 is 9.64 Å². The Balaban J connectivity index is 0.00000280. The normalized spacial score (nSPS) is 19.1. The Morgan fingerprint density at radius 3 is 2.64 bits per heavy atom. The molecule has 7 heteroatoms. The van der Waals surface area contributed by atoms with Gasteiger partial charge in [-0.25, -0.2) is 12.7 Å². The molecule has 5 nitrogen and oxygen atoms in total. The summed E-state index contributed by atoms with van der Waals surface area (Å²) in [6.07, 6.45) is 6.47. The van der Waals surface area contributed by atoms with Crippen molar-refractivity contribution in [2.45, 2.75) is 52.0 Å². The van der Waals surface area contributed by atoms with Crippen LogP contribution in [0.15, 0.2) is 18.2 Å².